The first kappa shape index (κ1) is 34.6. The fourth-order valence-electron chi connectivity index (χ4n) is 7.01. The summed E-state index contributed by atoms with van der Waals surface area (Å²) in [5.74, 6) is 0. The zero-order chi connectivity index (χ0) is 37.6. The molecule has 3 nitrogen and oxygen atoms in total. The van der Waals surface area contributed by atoms with Crippen LogP contribution in [0.15, 0.2) is 170 Å². The van der Waals surface area contributed by atoms with Gasteiger partial charge in [-0.1, -0.05) is 60.7 Å². The molecule has 0 N–H and O–H groups in total. The van der Waals surface area contributed by atoms with Gasteiger partial charge < -0.3 is 14.4 Å². The van der Waals surface area contributed by atoms with Gasteiger partial charge in [-0.2, -0.15) is 26.3 Å². The van der Waals surface area contributed by atoms with Crippen molar-refractivity contribution in [1.82, 2.24) is 4.57 Å². The number of aromatic nitrogens is 1. The van der Waals surface area contributed by atoms with Gasteiger partial charge in [0.05, 0.1) is 22.2 Å². The lowest BCUT2D eigenvalue weighted by Crippen LogP contribution is -2.12. The van der Waals surface area contributed by atoms with E-state index in [1.807, 2.05) is 122 Å². The highest BCUT2D eigenvalue weighted by atomic mass is 19.4. The minimum atomic E-state index is -4.54. The molecule has 0 atom stereocenters. The molecule has 1 heterocycles. The monoisotopic (exact) mass is 727 g/mol. The minimum Gasteiger partial charge on any atom is -0.310 e. The third-order valence-corrected chi connectivity index (χ3v) is 9.40. The highest BCUT2D eigenvalue weighted by molar-refractivity contribution is 6.12. The maximum absolute atomic E-state index is 14.0. The summed E-state index contributed by atoms with van der Waals surface area (Å²) in [5.41, 5.74) is 5.37. The number of fused-ring (bicyclic) bond motifs is 3. The SMILES string of the molecule is Cc1cccc(-n2c3ccc(N(c4ccccc4)c4cccc(C(F)(F)F)c4)cc3c3cc(N(c4ccccc4)c4cccc(C(F)(F)F)c4)ccc32)c1. The zero-order valence-corrected chi connectivity index (χ0v) is 28.8. The fraction of sp³-hybridized carbons (Fsp3) is 0.0667. The summed E-state index contributed by atoms with van der Waals surface area (Å²) in [4.78, 5) is 3.57. The van der Waals surface area contributed by atoms with Crippen molar-refractivity contribution < 1.29 is 26.3 Å². The molecule has 0 fully saturated rings. The fourth-order valence-corrected chi connectivity index (χ4v) is 7.01. The third-order valence-electron chi connectivity index (χ3n) is 9.40. The van der Waals surface area contributed by atoms with E-state index < -0.39 is 23.5 Å². The molecule has 1 aromatic heterocycles. The first-order valence-corrected chi connectivity index (χ1v) is 17.2. The molecular formula is C45H31F6N3. The number of hydrogen-bond acceptors (Lipinski definition) is 2. The summed E-state index contributed by atoms with van der Waals surface area (Å²) in [6, 6.07) is 48.5. The van der Waals surface area contributed by atoms with Crippen LogP contribution in [0.4, 0.5) is 60.5 Å². The number of anilines is 6. The van der Waals surface area contributed by atoms with Crippen LogP contribution < -0.4 is 9.80 Å². The van der Waals surface area contributed by atoms with E-state index in [1.54, 1.807) is 21.9 Å². The summed E-state index contributed by atoms with van der Waals surface area (Å²) in [7, 11) is 0. The molecule has 268 valence electrons. The number of halogens is 6. The van der Waals surface area contributed by atoms with Crippen LogP contribution in [0.25, 0.3) is 27.5 Å². The first-order valence-electron chi connectivity index (χ1n) is 17.2. The Morgan fingerprint density at radius 1 is 0.389 bits per heavy atom. The molecule has 9 heteroatoms. The number of alkyl halides is 6. The Morgan fingerprint density at radius 2 is 0.796 bits per heavy atom. The number of benzene rings is 7. The van der Waals surface area contributed by atoms with Crippen molar-refractivity contribution in [3.05, 3.63) is 187 Å². The number of rotatable bonds is 7. The number of para-hydroxylation sites is 2. The van der Waals surface area contributed by atoms with Crippen LogP contribution in [0.3, 0.4) is 0 Å². The topological polar surface area (TPSA) is 11.4 Å². The van der Waals surface area contributed by atoms with Crippen molar-refractivity contribution in [2.45, 2.75) is 19.3 Å². The Bertz CT molecular complexity index is 2450. The van der Waals surface area contributed by atoms with Gasteiger partial charge in [0.1, 0.15) is 0 Å². The second kappa shape index (κ2) is 13.5. The van der Waals surface area contributed by atoms with Crippen LogP contribution in [0.2, 0.25) is 0 Å². The third kappa shape index (κ3) is 6.53. The van der Waals surface area contributed by atoms with Gasteiger partial charge in [-0.25, -0.2) is 0 Å². The summed E-state index contributed by atoms with van der Waals surface area (Å²) >= 11 is 0. The zero-order valence-electron chi connectivity index (χ0n) is 28.8. The molecule has 0 bridgehead atoms. The lowest BCUT2D eigenvalue weighted by atomic mass is 10.1. The van der Waals surface area contributed by atoms with Gasteiger partial charge in [0, 0.05) is 50.6 Å². The first-order chi connectivity index (χ1) is 26.0. The standard InChI is InChI=1S/C45H31F6N3/c1-30-11-8-18-35(25-30)54-42-23-21-38(52(33-14-4-2-5-15-33)36-19-9-12-31(26-36)44(46,47)48)28-40(42)41-29-39(22-24-43(41)54)53(34-16-6-3-7-17-34)37-20-10-13-32(27-37)45(49,50)51/h2-29H,1H3. The van der Waals surface area contributed by atoms with Gasteiger partial charge >= 0.3 is 12.4 Å². The molecule has 7 aromatic carbocycles. The van der Waals surface area contributed by atoms with Crippen LogP contribution >= 0.6 is 0 Å². The van der Waals surface area contributed by atoms with Crippen molar-refractivity contribution >= 4 is 55.9 Å². The minimum absolute atomic E-state index is 0.332. The summed E-state index contributed by atoms with van der Waals surface area (Å²) < 4.78 is 85.9. The molecule has 0 amide bonds. The Morgan fingerprint density at radius 3 is 1.22 bits per heavy atom. The quantitative estimate of drug-likeness (QED) is 0.151. The van der Waals surface area contributed by atoms with E-state index in [0.29, 0.717) is 34.1 Å². The lowest BCUT2D eigenvalue weighted by molar-refractivity contribution is -0.138. The molecule has 0 unspecified atom stereocenters. The molecule has 0 aliphatic rings. The van der Waals surface area contributed by atoms with Gasteiger partial charge in [0.2, 0.25) is 0 Å². The smallest absolute Gasteiger partial charge is 0.310 e. The van der Waals surface area contributed by atoms with Crippen molar-refractivity contribution in [3.63, 3.8) is 0 Å². The van der Waals surface area contributed by atoms with Crippen LogP contribution in [0, 0.1) is 6.92 Å². The predicted octanol–water partition coefficient (Wildman–Crippen LogP) is 14.1. The second-order valence-electron chi connectivity index (χ2n) is 13.0. The Hall–Kier alpha value is -6.48. The average Bonchev–Trinajstić information content (AvgIpc) is 3.49. The highest BCUT2D eigenvalue weighted by Crippen LogP contribution is 2.44. The normalized spacial score (nSPS) is 12.0. The van der Waals surface area contributed by atoms with E-state index in [0.717, 1.165) is 57.3 Å². The van der Waals surface area contributed by atoms with Crippen molar-refractivity contribution in [2.75, 3.05) is 9.80 Å². The molecule has 0 saturated carbocycles. The Kier molecular flexibility index (Phi) is 8.65. The maximum atomic E-state index is 14.0. The van der Waals surface area contributed by atoms with Crippen molar-refractivity contribution in [3.8, 4) is 5.69 Å². The molecule has 0 spiro atoms. The summed E-state index contributed by atoms with van der Waals surface area (Å²) in [6.45, 7) is 2.01. The molecule has 0 aliphatic carbocycles. The highest BCUT2D eigenvalue weighted by Gasteiger charge is 2.32. The Balaban J connectivity index is 1.39. The maximum Gasteiger partial charge on any atom is 0.416 e. The molecule has 0 radical (unpaired) electrons. The van der Waals surface area contributed by atoms with E-state index >= 15 is 0 Å². The van der Waals surface area contributed by atoms with E-state index in [-0.39, 0.29) is 0 Å². The van der Waals surface area contributed by atoms with Crippen LogP contribution in [-0.4, -0.2) is 4.57 Å². The van der Waals surface area contributed by atoms with Gasteiger partial charge in [-0.15, -0.1) is 0 Å². The molecular weight excluding hydrogens is 697 g/mol. The van der Waals surface area contributed by atoms with Gasteiger partial charge in [-0.05, 0) is 122 Å². The largest absolute Gasteiger partial charge is 0.416 e. The van der Waals surface area contributed by atoms with E-state index in [2.05, 4.69) is 10.6 Å². The summed E-state index contributed by atoms with van der Waals surface area (Å²) in [5, 5.41) is 1.60. The molecule has 0 aliphatic heterocycles. The van der Waals surface area contributed by atoms with E-state index in [9.17, 15) is 26.3 Å². The average molecular weight is 728 g/mol. The van der Waals surface area contributed by atoms with E-state index in [1.165, 1.54) is 12.1 Å². The van der Waals surface area contributed by atoms with Crippen molar-refractivity contribution in [2.24, 2.45) is 0 Å². The van der Waals surface area contributed by atoms with E-state index in [4.69, 9.17) is 0 Å². The van der Waals surface area contributed by atoms with Crippen LogP contribution in [-0.2, 0) is 12.4 Å². The Labute approximate surface area is 307 Å². The van der Waals surface area contributed by atoms with Crippen LogP contribution in [0.5, 0.6) is 0 Å². The molecule has 54 heavy (non-hydrogen) atoms. The lowest BCUT2D eigenvalue weighted by Gasteiger charge is -2.26. The molecule has 8 aromatic rings. The molecule has 8 rings (SSSR count). The number of aryl methyl sites for hydroxylation is 1. The van der Waals surface area contributed by atoms with Crippen molar-refractivity contribution in [1.29, 1.82) is 0 Å². The van der Waals surface area contributed by atoms with Gasteiger partial charge in [0.15, 0.2) is 0 Å². The van der Waals surface area contributed by atoms with Gasteiger partial charge in [0.25, 0.3) is 0 Å². The molecule has 0 saturated heterocycles. The predicted molar refractivity (Wildman–Crippen MR) is 205 cm³/mol. The number of hydrogen-bond donors (Lipinski definition) is 0. The second-order valence-corrected chi connectivity index (χ2v) is 13.0. The van der Waals surface area contributed by atoms with Gasteiger partial charge in [-0.3, -0.25) is 0 Å². The van der Waals surface area contributed by atoms with Crippen LogP contribution in [0.1, 0.15) is 16.7 Å². The summed E-state index contributed by atoms with van der Waals surface area (Å²) in [6.07, 6.45) is -9.07. The number of nitrogens with zero attached hydrogens (tertiary/aromatic N) is 3.